The molecule has 0 saturated heterocycles. The lowest BCUT2D eigenvalue weighted by atomic mass is 10.3. The summed E-state index contributed by atoms with van der Waals surface area (Å²) < 4.78 is 1.90. The summed E-state index contributed by atoms with van der Waals surface area (Å²) >= 11 is 2.14. The Morgan fingerprint density at radius 2 is 2.14 bits per heavy atom. The van der Waals surface area contributed by atoms with E-state index in [1.54, 1.807) is 6.08 Å². The van der Waals surface area contributed by atoms with Gasteiger partial charge in [0, 0.05) is 0 Å². The minimum Gasteiger partial charge on any atom is -0.0985 e. The third-order valence-electron chi connectivity index (χ3n) is 0.539. The molecule has 1 heteroatoms. The molecule has 0 amide bonds. The number of hydrogen-bond donors (Lipinski definition) is 0. The average molecular weight is 206 g/mol. The molecule has 0 aliphatic heterocycles. The van der Waals surface area contributed by atoms with Gasteiger partial charge in [0.15, 0.2) is 0 Å². The third-order valence-corrected chi connectivity index (χ3v) is 0.899. The molecule has 0 bridgehead atoms. The Balaban J connectivity index is 3.58. The molecule has 0 N–H and O–H groups in total. The molecule has 7 heavy (non-hydrogen) atoms. The van der Waals surface area contributed by atoms with Crippen LogP contribution >= 0.6 is 22.6 Å². The summed E-state index contributed by atoms with van der Waals surface area (Å²) in [4.78, 5) is 0. The van der Waals surface area contributed by atoms with Gasteiger partial charge in [-0.15, -0.1) is 0 Å². The number of rotatable bonds is 2. The molecule has 0 aromatic carbocycles. The molecule has 0 atom stereocenters. The monoisotopic (exact) mass is 206 g/mol. The van der Waals surface area contributed by atoms with Gasteiger partial charge in [-0.1, -0.05) is 41.8 Å². The standard InChI is InChI=1S/C6H7I/c1-3-6(2)4-5-7/h3-5H,1-2H2/b5-4+. The van der Waals surface area contributed by atoms with E-state index in [1.807, 2.05) is 10.2 Å². The number of allylic oxidation sites excluding steroid dienone is 3. The first-order valence-electron chi connectivity index (χ1n) is 1.89. The molecular formula is C6H7I. The average Bonchev–Trinajstić information content (AvgIpc) is 1.68. The third kappa shape index (κ3) is 3.79. The van der Waals surface area contributed by atoms with Crippen LogP contribution in [0.3, 0.4) is 0 Å². The fourth-order valence-corrected chi connectivity index (χ4v) is 0.611. The van der Waals surface area contributed by atoms with Gasteiger partial charge in [0.2, 0.25) is 0 Å². The molecule has 0 radical (unpaired) electrons. The van der Waals surface area contributed by atoms with Gasteiger partial charge in [-0.2, -0.15) is 0 Å². The molecule has 0 fully saturated rings. The lowest BCUT2D eigenvalue weighted by Gasteiger charge is -1.79. The molecule has 0 unspecified atom stereocenters. The highest BCUT2D eigenvalue weighted by Gasteiger charge is 1.69. The molecule has 0 heterocycles. The van der Waals surface area contributed by atoms with Crippen molar-refractivity contribution in [1.82, 2.24) is 0 Å². The molecule has 0 nitrogen and oxygen atoms in total. The molecule has 0 saturated carbocycles. The summed E-state index contributed by atoms with van der Waals surface area (Å²) in [5, 5.41) is 0. The predicted molar refractivity (Wildman–Crippen MR) is 42.5 cm³/mol. The van der Waals surface area contributed by atoms with Crippen molar-refractivity contribution in [2.75, 3.05) is 0 Å². The van der Waals surface area contributed by atoms with Crippen LogP contribution in [0.5, 0.6) is 0 Å². The first-order valence-corrected chi connectivity index (χ1v) is 3.14. The van der Waals surface area contributed by atoms with Gasteiger partial charge in [0.1, 0.15) is 0 Å². The van der Waals surface area contributed by atoms with E-state index < -0.39 is 0 Å². The van der Waals surface area contributed by atoms with Crippen LogP contribution in [0, 0.1) is 0 Å². The molecule has 0 aliphatic carbocycles. The largest absolute Gasteiger partial charge is 0.0985 e. The minimum atomic E-state index is 0.953. The molecule has 38 valence electrons. The first kappa shape index (κ1) is 6.95. The van der Waals surface area contributed by atoms with Crippen molar-refractivity contribution in [3.8, 4) is 0 Å². The zero-order chi connectivity index (χ0) is 5.70. The Morgan fingerprint density at radius 1 is 1.57 bits per heavy atom. The predicted octanol–water partition coefficient (Wildman–Crippen LogP) is 2.68. The van der Waals surface area contributed by atoms with Crippen molar-refractivity contribution in [3.63, 3.8) is 0 Å². The zero-order valence-corrected chi connectivity index (χ0v) is 6.18. The second-order valence-corrected chi connectivity index (χ2v) is 1.79. The van der Waals surface area contributed by atoms with Crippen LogP contribution in [0.4, 0.5) is 0 Å². The van der Waals surface area contributed by atoms with Gasteiger partial charge in [-0.25, -0.2) is 0 Å². The maximum atomic E-state index is 3.65. The zero-order valence-electron chi connectivity index (χ0n) is 4.02. The van der Waals surface area contributed by atoms with Crippen LogP contribution in [0.1, 0.15) is 0 Å². The molecule has 0 aromatic rings. The van der Waals surface area contributed by atoms with Crippen LogP contribution in [-0.4, -0.2) is 0 Å². The summed E-state index contributed by atoms with van der Waals surface area (Å²) in [6.07, 6.45) is 3.61. The molecule has 0 aromatic heterocycles. The highest BCUT2D eigenvalue weighted by Crippen LogP contribution is 1.94. The van der Waals surface area contributed by atoms with Crippen molar-refractivity contribution in [3.05, 3.63) is 35.0 Å². The van der Waals surface area contributed by atoms with E-state index in [0.29, 0.717) is 0 Å². The fraction of sp³-hybridized carbons (Fsp3) is 0. The lowest BCUT2D eigenvalue weighted by molar-refractivity contribution is 1.80. The Hall–Kier alpha value is -0.0500. The molecule has 0 aliphatic rings. The maximum absolute atomic E-state index is 3.65. The van der Waals surface area contributed by atoms with E-state index in [0.717, 1.165) is 5.57 Å². The van der Waals surface area contributed by atoms with Crippen LogP contribution in [0.15, 0.2) is 35.0 Å². The van der Waals surface area contributed by atoms with Crippen molar-refractivity contribution in [2.24, 2.45) is 0 Å². The number of halogens is 1. The van der Waals surface area contributed by atoms with E-state index in [1.165, 1.54) is 0 Å². The second kappa shape index (κ2) is 4.12. The van der Waals surface area contributed by atoms with Crippen LogP contribution in [-0.2, 0) is 0 Å². The summed E-state index contributed by atoms with van der Waals surface area (Å²) in [6, 6.07) is 0. The van der Waals surface area contributed by atoms with Gasteiger partial charge in [-0.3, -0.25) is 0 Å². The Kier molecular flexibility index (Phi) is 4.09. The van der Waals surface area contributed by atoms with E-state index in [2.05, 4.69) is 35.7 Å². The summed E-state index contributed by atoms with van der Waals surface area (Å²) in [6.45, 7) is 7.18. The van der Waals surface area contributed by atoms with Crippen molar-refractivity contribution in [2.45, 2.75) is 0 Å². The van der Waals surface area contributed by atoms with Gasteiger partial charge in [-0.05, 0) is 15.7 Å². The SMILES string of the molecule is C=CC(=C)/C=C/I. The summed E-state index contributed by atoms with van der Waals surface area (Å²) in [7, 11) is 0. The maximum Gasteiger partial charge on any atom is -0.0228 e. The van der Waals surface area contributed by atoms with Crippen molar-refractivity contribution in [1.29, 1.82) is 0 Å². The van der Waals surface area contributed by atoms with Crippen LogP contribution in [0.25, 0.3) is 0 Å². The van der Waals surface area contributed by atoms with Gasteiger partial charge in [0.05, 0.1) is 0 Å². The van der Waals surface area contributed by atoms with Gasteiger partial charge >= 0.3 is 0 Å². The van der Waals surface area contributed by atoms with E-state index in [9.17, 15) is 0 Å². The Morgan fingerprint density at radius 3 is 2.29 bits per heavy atom. The first-order chi connectivity index (χ1) is 3.31. The van der Waals surface area contributed by atoms with E-state index in [4.69, 9.17) is 0 Å². The van der Waals surface area contributed by atoms with E-state index >= 15 is 0 Å². The molecule has 0 rings (SSSR count). The van der Waals surface area contributed by atoms with Gasteiger partial charge in [0.25, 0.3) is 0 Å². The summed E-state index contributed by atoms with van der Waals surface area (Å²) in [5.74, 6) is 0. The fourth-order valence-electron chi connectivity index (χ4n) is 0.149. The smallest absolute Gasteiger partial charge is 0.0228 e. The highest BCUT2D eigenvalue weighted by atomic mass is 127. The topological polar surface area (TPSA) is 0 Å². The van der Waals surface area contributed by atoms with Crippen molar-refractivity contribution >= 4 is 22.6 Å². The van der Waals surface area contributed by atoms with Crippen LogP contribution < -0.4 is 0 Å². The quantitative estimate of drug-likeness (QED) is 0.481. The highest BCUT2D eigenvalue weighted by molar-refractivity contribution is 14.1. The van der Waals surface area contributed by atoms with E-state index in [-0.39, 0.29) is 0 Å². The lowest BCUT2D eigenvalue weighted by Crippen LogP contribution is -1.57. The molecular weight excluding hydrogens is 199 g/mol. The van der Waals surface area contributed by atoms with Crippen LogP contribution in [0.2, 0.25) is 0 Å². The van der Waals surface area contributed by atoms with Crippen molar-refractivity contribution < 1.29 is 0 Å². The normalized spacial score (nSPS) is 9.29. The Labute approximate surface area is 57.8 Å². The van der Waals surface area contributed by atoms with Gasteiger partial charge < -0.3 is 0 Å². The summed E-state index contributed by atoms with van der Waals surface area (Å²) in [5.41, 5.74) is 0.953. The minimum absolute atomic E-state index is 0.953. The molecule has 0 spiro atoms. The Bertz CT molecular complexity index is 101. The number of hydrogen-bond acceptors (Lipinski definition) is 0. The second-order valence-electron chi connectivity index (χ2n) is 1.07.